The Morgan fingerprint density at radius 2 is 2.25 bits per heavy atom. The van der Waals surface area contributed by atoms with E-state index in [1.165, 1.54) is 0 Å². The molecular formula is C10H10O2. The smallest absolute Gasteiger partial charge is 0.159 e. The van der Waals surface area contributed by atoms with Crippen molar-refractivity contribution in [3.8, 4) is 0 Å². The predicted octanol–water partition coefficient (Wildman–Crippen LogP) is 1.90. The number of aliphatic hydroxyl groups excluding tert-OH is 1. The first-order valence-electron chi connectivity index (χ1n) is 4.05. The Morgan fingerprint density at radius 3 is 3.08 bits per heavy atom. The first-order chi connectivity index (χ1) is 5.75. The van der Waals surface area contributed by atoms with E-state index in [4.69, 9.17) is 0 Å². The van der Waals surface area contributed by atoms with Crippen LogP contribution in [0.15, 0.2) is 35.6 Å². The van der Waals surface area contributed by atoms with Crippen LogP contribution in [-0.2, 0) is 4.79 Å². The van der Waals surface area contributed by atoms with Crippen molar-refractivity contribution in [2.45, 2.75) is 12.8 Å². The van der Waals surface area contributed by atoms with Gasteiger partial charge in [0.05, 0.1) is 5.76 Å². The molecule has 0 heterocycles. The van der Waals surface area contributed by atoms with Crippen molar-refractivity contribution >= 4 is 5.78 Å². The van der Waals surface area contributed by atoms with E-state index < -0.39 is 0 Å². The minimum Gasteiger partial charge on any atom is -0.512 e. The minimum absolute atomic E-state index is 0.160. The Hall–Kier alpha value is -1.31. The number of carbonyl (C=O) groups is 1. The van der Waals surface area contributed by atoms with Gasteiger partial charge in [-0.25, -0.2) is 0 Å². The van der Waals surface area contributed by atoms with Gasteiger partial charge in [0, 0.05) is 18.8 Å². The molecule has 0 aromatic heterocycles. The number of carbonyl (C=O) groups excluding carboxylic acids is 1. The fourth-order valence-corrected chi connectivity index (χ4v) is 1.62. The molecule has 1 unspecified atom stereocenters. The fourth-order valence-electron chi connectivity index (χ4n) is 1.62. The van der Waals surface area contributed by atoms with Crippen molar-refractivity contribution in [3.05, 3.63) is 35.6 Å². The molecule has 0 amide bonds. The van der Waals surface area contributed by atoms with Gasteiger partial charge in [0.15, 0.2) is 5.78 Å². The van der Waals surface area contributed by atoms with E-state index in [2.05, 4.69) is 0 Å². The quantitative estimate of drug-likeness (QED) is 0.590. The SMILES string of the molecule is O=C1C=CC2CC(O)=CC=C2C1. The maximum atomic E-state index is 11.0. The Labute approximate surface area is 70.9 Å². The average molecular weight is 162 g/mol. The summed E-state index contributed by atoms with van der Waals surface area (Å²) >= 11 is 0. The van der Waals surface area contributed by atoms with Crippen molar-refractivity contribution in [1.82, 2.24) is 0 Å². The lowest BCUT2D eigenvalue weighted by Crippen LogP contribution is -2.14. The van der Waals surface area contributed by atoms with Crippen LogP contribution in [0.25, 0.3) is 0 Å². The number of hydrogen-bond donors (Lipinski definition) is 1. The van der Waals surface area contributed by atoms with Crippen LogP contribution in [-0.4, -0.2) is 10.9 Å². The minimum atomic E-state index is 0.160. The standard InChI is InChI=1S/C10H10O2/c11-9-3-1-7-5-10(12)4-2-8(7)6-9/h1-4,7,12H,5-6H2. The molecule has 1 atom stereocenters. The van der Waals surface area contributed by atoms with Crippen LogP contribution in [0.3, 0.4) is 0 Å². The van der Waals surface area contributed by atoms with Crippen molar-refractivity contribution in [1.29, 1.82) is 0 Å². The summed E-state index contributed by atoms with van der Waals surface area (Å²) < 4.78 is 0. The second kappa shape index (κ2) is 2.63. The lowest BCUT2D eigenvalue weighted by Gasteiger charge is -2.22. The number of fused-ring (bicyclic) bond motifs is 1. The van der Waals surface area contributed by atoms with E-state index in [0.717, 1.165) is 5.57 Å². The topological polar surface area (TPSA) is 37.3 Å². The molecule has 0 radical (unpaired) electrons. The molecule has 0 spiro atoms. The molecule has 2 rings (SSSR count). The van der Waals surface area contributed by atoms with E-state index in [1.54, 1.807) is 12.2 Å². The molecule has 12 heavy (non-hydrogen) atoms. The lowest BCUT2D eigenvalue weighted by atomic mass is 9.83. The first kappa shape index (κ1) is 7.35. The number of ketones is 1. The van der Waals surface area contributed by atoms with Gasteiger partial charge in [0.1, 0.15) is 0 Å². The third kappa shape index (κ3) is 1.20. The zero-order valence-corrected chi connectivity index (χ0v) is 6.66. The Morgan fingerprint density at radius 1 is 1.42 bits per heavy atom. The molecular weight excluding hydrogens is 152 g/mol. The monoisotopic (exact) mass is 162 g/mol. The van der Waals surface area contributed by atoms with Crippen molar-refractivity contribution in [2.75, 3.05) is 0 Å². The Bertz CT molecular complexity index is 308. The highest BCUT2D eigenvalue weighted by atomic mass is 16.3. The molecule has 62 valence electrons. The predicted molar refractivity (Wildman–Crippen MR) is 45.7 cm³/mol. The summed E-state index contributed by atoms with van der Waals surface area (Å²) in [4.78, 5) is 11.0. The van der Waals surface area contributed by atoms with Gasteiger partial charge in [-0.2, -0.15) is 0 Å². The van der Waals surface area contributed by atoms with Crippen LogP contribution in [0.1, 0.15) is 12.8 Å². The molecule has 2 aliphatic rings. The van der Waals surface area contributed by atoms with E-state index in [0.29, 0.717) is 18.6 Å². The first-order valence-corrected chi connectivity index (χ1v) is 4.05. The van der Waals surface area contributed by atoms with E-state index in [9.17, 15) is 9.90 Å². The van der Waals surface area contributed by atoms with Crippen LogP contribution < -0.4 is 0 Å². The summed E-state index contributed by atoms with van der Waals surface area (Å²) in [6.07, 6.45) is 8.19. The third-order valence-corrected chi connectivity index (χ3v) is 2.29. The second-order valence-electron chi connectivity index (χ2n) is 3.21. The third-order valence-electron chi connectivity index (χ3n) is 2.29. The summed E-state index contributed by atoms with van der Waals surface area (Å²) in [6.45, 7) is 0. The van der Waals surface area contributed by atoms with Crippen LogP contribution in [0.5, 0.6) is 0 Å². The molecule has 0 bridgehead atoms. The maximum Gasteiger partial charge on any atom is 0.159 e. The van der Waals surface area contributed by atoms with Crippen molar-refractivity contribution < 1.29 is 9.90 Å². The molecule has 0 saturated heterocycles. The number of aliphatic hydroxyl groups is 1. The highest BCUT2D eigenvalue weighted by molar-refractivity contribution is 5.93. The zero-order valence-electron chi connectivity index (χ0n) is 6.66. The van der Waals surface area contributed by atoms with Crippen molar-refractivity contribution in [2.24, 2.45) is 5.92 Å². The largest absolute Gasteiger partial charge is 0.512 e. The van der Waals surface area contributed by atoms with Crippen LogP contribution >= 0.6 is 0 Å². The van der Waals surface area contributed by atoms with Crippen LogP contribution in [0.2, 0.25) is 0 Å². The van der Waals surface area contributed by atoms with Gasteiger partial charge in [0.2, 0.25) is 0 Å². The highest BCUT2D eigenvalue weighted by Gasteiger charge is 2.21. The molecule has 0 saturated carbocycles. The lowest BCUT2D eigenvalue weighted by molar-refractivity contribution is -0.114. The van der Waals surface area contributed by atoms with Gasteiger partial charge in [-0.15, -0.1) is 0 Å². The van der Waals surface area contributed by atoms with Crippen molar-refractivity contribution in [3.63, 3.8) is 0 Å². The van der Waals surface area contributed by atoms with Crippen LogP contribution in [0, 0.1) is 5.92 Å². The summed E-state index contributed by atoms with van der Waals surface area (Å²) in [5.74, 6) is 0.822. The molecule has 2 nitrogen and oxygen atoms in total. The van der Waals surface area contributed by atoms with E-state index in [-0.39, 0.29) is 11.7 Å². The maximum absolute atomic E-state index is 11.0. The number of rotatable bonds is 0. The molecule has 2 aliphatic carbocycles. The summed E-state index contributed by atoms with van der Waals surface area (Å²) in [5.41, 5.74) is 1.13. The molecule has 0 fully saturated rings. The Balaban J connectivity index is 2.31. The number of allylic oxidation sites excluding steroid dienone is 6. The summed E-state index contributed by atoms with van der Waals surface area (Å²) in [7, 11) is 0. The molecule has 0 aromatic carbocycles. The molecule has 0 aliphatic heterocycles. The number of hydrogen-bond acceptors (Lipinski definition) is 2. The van der Waals surface area contributed by atoms with Gasteiger partial charge in [-0.05, 0) is 12.2 Å². The second-order valence-corrected chi connectivity index (χ2v) is 3.21. The Kier molecular flexibility index (Phi) is 1.61. The molecule has 2 heteroatoms. The van der Waals surface area contributed by atoms with Gasteiger partial charge in [-0.3, -0.25) is 4.79 Å². The zero-order chi connectivity index (χ0) is 8.55. The van der Waals surface area contributed by atoms with Gasteiger partial charge >= 0.3 is 0 Å². The van der Waals surface area contributed by atoms with Gasteiger partial charge in [-0.1, -0.05) is 17.7 Å². The highest BCUT2D eigenvalue weighted by Crippen LogP contribution is 2.30. The van der Waals surface area contributed by atoms with Gasteiger partial charge in [0.25, 0.3) is 0 Å². The fraction of sp³-hybridized carbons (Fsp3) is 0.300. The molecule has 0 aromatic rings. The normalized spacial score (nSPS) is 27.7. The van der Waals surface area contributed by atoms with Gasteiger partial charge < -0.3 is 5.11 Å². The summed E-state index contributed by atoms with van der Waals surface area (Å²) in [5, 5.41) is 9.21. The molecule has 1 N–H and O–H groups in total. The van der Waals surface area contributed by atoms with Crippen LogP contribution in [0.4, 0.5) is 0 Å². The average Bonchev–Trinajstić information content (AvgIpc) is 2.05. The van der Waals surface area contributed by atoms with E-state index in [1.807, 2.05) is 12.2 Å². The van der Waals surface area contributed by atoms with E-state index >= 15 is 0 Å². The summed E-state index contributed by atoms with van der Waals surface area (Å²) in [6, 6.07) is 0.